The molecule has 2 rings (SSSR count). The Morgan fingerprint density at radius 3 is 2.38 bits per heavy atom. The van der Waals surface area contributed by atoms with Gasteiger partial charge in [0.2, 0.25) is 0 Å². The molecule has 1 nitrogen and oxygen atoms in total. The van der Waals surface area contributed by atoms with Crippen LogP contribution in [0.1, 0.15) is 16.5 Å². The maximum atomic E-state index is 6.18. The highest BCUT2D eigenvalue weighted by Gasteiger charge is 2.11. The van der Waals surface area contributed by atoms with E-state index in [9.17, 15) is 0 Å². The van der Waals surface area contributed by atoms with Crippen LogP contribution in [0.3, 0.4) is 0 Å². The Kier molecular flexibility index (Phi) is 4.19. The zero-order chi connectivity index (χ0) is 11.5. The molecule has 0 aliphatic heterocycles. The van der Waals surface area contributed by atoms with E-state index in [1.807, 2.05) is 18.2 Å². The highest BCUT2D eigenvalue weighted by atomic mass is 79.9. The maximum Gasteiger partial charge on any atom is 0.0442 e. The van der Waals surface area contributed by atoms with Gasteiger partial charge in [0.15, 0.2) is 0 Å². The van der Waals surface area contributed by atoms with E-state index in [1.165, 1.54) is 10.4 Å². The molecule has 1 aromatic carbocycles. The average molecular weight is 361 g/mol. The fraction of sp³-hybridized carbons (Fsp3) is 0.167. The van der Waals surface area contributed by atoms with Gasteiger partial charge in [-0.3, -0.25) is 0 Å². The van der Waals surface area contributed by atoms with Crippen LogP contribution in [0.2, 0.25) is 0 Å². The van der Waals surface area contributed by atoms with Crippen molar-refractivity contribution in [1.29, 1.82) is 0 Å². The van der Waals surface area contributed by atoms with Gasteiger partial charge in [-0.2, -0.15) is 0 Å². The van der Waals surface area contributed by atoms with Crippen molar-refractivity contribution in [3.05, 3.63) is 55.1 Å². The Morgan fingerprint density at radius 2 is 1.81 bits per heavy atom. The van der Waals surface area contributed by atoms with Crippen LogP contribution in [-0.4, -0.2) is 0 Å². The van der Waals surface area contributed by atoms with Gasteiger partial charge in [-0.15, -0.1) is 11.3 Å². The number of halogens is 2. The Morgan fingerprint density at radius 1 is 1.12 bits per heavy atom. The number of rotatable bonds is 3. The molecule has 1 aromatic heterocycles. The molecule has 1 atom stereocenters. The molecule has 1 heterocycles. The molecule has 0 bridgehead atoms. The number of thiophene rings is 1. The van der Waals surface area contributed by atoms with Crippen molar-refractivity contribution in [2.75, 3.05) is 0 Å². The van der Waals surface area contributed by atoms with Crippen molar-refractivity contribution in [2.24, 2.45) is 5.73 Å². The van der Waals surface area contributed by atoms with Gasteiger partial charge in [0.05, 0.1) is 0 Å². The first-order valence-corrected chi connectivity index (χ1v) is 7.36. The van der Waals surface area contributed by atoms with E-state index in [-0.39, 0.29) is 6.04 Å². The lowest BCUT2D eigenvalue weighted by Gasteiger charge is -2.10. The van der Waals surface area contributed by atoms with Crippen LogP contribution in [0, 0.1) is 0 Å². The van der Waals surface area contributed by atoms with Crippen molar-refractivity contribution in [2.45, 2.75) is 12.5 Å². The topological polar surface area (TPSA) is 26.0 Å². The van der Waals surface area contributed by atoms with Gasteiger partial charge >= 0.3 is 0 Å². The molecule has 0 fully saturated rings. The van der Waals surface area contributed by atoms with Crippen LogP contribution in [-0.2, 0) is 6.42 Å². The molecule has 0 saturated carbocycles. The van der Waals surface area contributed by atoms with Crippen LogP contribution in [0.5, 0.6) is 0 Å². The third-order valence-electron chi connectivity index (χ3n) is 2.35. The zero-order valence-electron chi connectivity index (χ0n) is 8.49. The second-order valence-corrected chi connectivity index (χ2v) is 6.29. The van der Waals surface area contributed by atoms with E-state index in [4.69, 9.17) is 5.73 Å². The van der Waals surface area contributed by atoms with Gasteiger partial charge in [-0.1, -0.05) is 28.1 Å². The predicted octanol–water partition coefficient (Wildman–Crippen LogP) is 4.52. The van der Waals surface area contributed by atoms with Crippen molar-refractivity contribution >= 4 is 43.2 Å². The van der Waals surface area contributed by atoms with Crippen LogP contribution in [0.25, 0.3) is 0 Å². The number of hydrogen-bond donors (Lipinski definition) is 1. The summed E-state index contributed by atoms with van der Waals surface area (Å²) in [5.41, 5.74) is 7.44. The van der Waals surface area contributed by atoms with E-state index in [1.54, 1.807) is 11.3 Å². The summed E-state index contributed by atoms with van der Waals surface area (Å²) >= 11 is 8.64. The molecular formula is C12H11Br2NS. The van der Waals surface area contributed by atoms with Crippen LogP contribution in [0.4, 0.5) is 0 Å². The smallest absolute Gasteiger partial charge is 0.0442 e. The molecule has 0 aliphatic carbocycles. The first-order chi connectivity index (χ1) is 7.66. The van der Waals surface area contributed by atoms with Gasteiger partial charge in [0.25, 0.3) is 0 Å². The van der Waals surface area contributed by atoms with Crippen molar-refractivity contribution in [3.8, 4) is 0 Å². The Labute approximate surface area is 116 Å². The monoisotopic (exact) mass is 359 g/mol. The average Bonchev–Trinajstić information content (AvgIpc) is 2.68. The molecule has 4 heteroatoms. The Hall–Kier alpha value is -0.160. The summed E-state index contributed by atoms with van der Waals surface area (Å²) in [5, 5.41) is 2.06. The second-order valence-electron chi connectivity index (χ2n) is 3.57. The van der Waals surface area contributed by atoms with Gasteiger partial charge in [-0.05, 0) is 51.5 Å². The SMILES string of the molecule is NC(Cc1ccc(Br)cc1)c1sccc1Br. The molecular weight excluding hydrogens is 350 g/mol. The Bertz CT molecular complexity index is 464. The van der Waals surface area contributed by atoms with Crippen LogP contribution >= 0.6 is 43.2 Å². The summed E-state index contributed by atoms with van der Waals surface area (Å²) in [5.74, 6) is 0. The zero-order valence-corrected chi connectivity index (χ0v) is 12.5. The number of benzene rings is 1. The highest BCUT2D eigenvalue weighted by molar-refractivity contribution is 9.10. The summed E-state index contributed by atoms with van der Waals surface area (Å²) in [6.07, 6.45) is 0.867. The summed E-state index contributed by atoms with van der Waals surface area (Å²) in [6, 6.07) is 10.4. The number of hydrogen-bond acceptors (Lipinski definition) is 2. The quantitative estimate of drug-likeness (QED) is 0.855. The molecule has 84 valence electrons. The molecule has 0 radical (unpaired) electrons. The van der Waals surface area contributed by atoms with Crippen molar-refractivity contribution in [1.82, 2.24) is 0 Å². The third kappa shape index (κ3) is 2.94. The summed E-state index contributed by atoms with van der Waals surface area (Å²) in [6.45, 7) is 0. The molecule has 2 aromatic rings. The lowest BCUT2D eigenvalue weighted by atomic mass is 10.1. The second kappa shape index (κ2) is 5.45. The summed E-state index contributed by atoms with van der Waals surface area (Å²) in [4.78, 5) is 1.21. The van der Waals surface area contributed by atoms with Gasteiger partial charge < -0.3 is 5.73 Å². The minimum Gasteiger partial charge on any atom is -0.323 e. The van der Waals surface area contributed by atoms with Crippen molar-refractivity contribution in [3.63, 3.8) is 0 Å². The van der Waals surface area contributed by atoms with Gasteiger partial charge in [0.1, 0.15) is 0 Å². The molecule has 1 unspecified atom stereocenters. The van der Waals surface area contributed by atoms with E-state index < -0.39 is 0 Å². The maximum absolute atomic E-state index is 6.18. The first kappa shape index (κ1) is 12.3. The standard InChI is InChI=1S/C12H11Br2NS/c13-9-3-1-8(2-4-9)7-11(15)12-10(14)5-6-16-12/h1-6,11H,7,15H2. The molecule has 2 N–H and O–H groups in total. The van der Waals surface area contributed by atoms with E-state index in [0.29, 0.717) is 0 Å². The largest absolute Gasteiger partial charge is 0.323 e. The Balaban J connectivity index is 2.10. The van der Waals surface area contributed by atoms with E-state index in [2.05, 4.69) is 49.4 Å². The van der Waals surface area contributed by atoms with Crippen molar-refractivity contribution < 1.29 is 0 Å². The van der Waals surface area contributed by atoms with Crippen LogP contribution in [0.15, 0.2) is 44.7 Å². The molecule has 0 aliphatic rings. The van der Waals surface area contributed by atoms with Gasteiger partial charge in [-0.25, -0.2) is 0 Å². The number of nitrogens with two attached hydrogens (primary N) is 1. The summed E-state index contributed by atoms with van der Waals surface area (Å²) in [7, 11) is 0. The molecule has 0 spiro atoms. The highest BCUT2D eigenvalue weighted by Crippen LogP contribution is 2.29. The molecule has 0 amide bonds. The van der Waals surface area contributed by atoms with Gasteiger partial charge in [0, 0.05) is 19.9 Å². The normalized spacial score (nSPS) is 12.7. The van der Waals surface area contributed by atoms with E-state index >= 15 is 0 Å². The summed E-state index contributed by atoms with van der Waals surface area (Å²) < 4.78 is 2.21. The lowest BCUT2D eigenvalue weighted by Crippen LogP contribution is -2.12. The lowest BCUT2D eigenvalue weighted by molar-refractivity contribution is 0.733. The predicted molar refractivity (Wildman–Crippen MR) is 76.8 cm³/mol. The molecule has 0 saturated heterocycles. The minimum absolute atomic E-state index is 0.0653. The third-order valence-corrected chi connectivity index (χ3v) is 4.88. The van der Waals surface area contributed by atoms with Crippen LogP contribution < -0.4 is 5.73 Å². The minimum atomic E-state index is 0.0653. The molecule has 16 heavy (non-hydrogen) atoms. The fourth-order valence-electron chi connectivity index (χ4n) is 1.54. The first-order valence-electron chi connectivity index (χ1n) is 4.89. The fourth-order valence-corrected chi connectivity index (χ4v) is 3.47. The van der Waals surface area contributed by atoms with E-state index in [0.717, 1.165) is 15.4 Å².